The Morgan fingerprint density at radius 3 is 2.73 bits per heavy atom. The molecule has 0 saturated heterocycles. The van der Waals surface area contributed by atoms with Gasteiger partial charge in [0.15, 0.2) is 0 Å². The highest BCUT2D eigenvalue weighted by atomic mass is 79.9. The maximum absolute atomic E-state index is 15.3. The number of pyridine rings is 1. The van der Waals surface area contributed by atoms with Crippen LogP contribution in [0.25, 0.3) is 11.6 Å². The van der Waals surface area contributed by atoms with E-state index in [1.807, 2.05) is 18.3 Å². The van der Waals surface area contributed by atoms with Gasteiger partial charge in [0, 0.05) is 67.0 Å². The van der Waals surface area contributed by atoms with E-state index < -0.39 is 0 Å². The van der Waals surface area contributed by atoms with Crippen LogP contribution in [0.5, 0.6) is 0 Å². The Bertz CT molecular complexity index is 1180. The summed E-state index contributed by atoms with van der Waals surface area (Å²) in [4.78, 5) is 21.0. The molecule has 2 aliphatic carbocycles. The Morgan fingerprint density at radius 2 is 2.09 bits per heavy atom. The molecule has 0 spiro atoms. The van der Waals surface area contributed by atoms with Crippen LogP contribution < -0.4 is 0 Å². The van der Waals surface area contributed by atoms with Crippen molar-refractivity contribution < 1.29 is 9.18 Å². The highest BCUT2D eigenvalue weighted by Gasteiger charge is 2.31. The van der Waals surface area contributed by atoms with E-state index >= 15 is 4.39 Å². The zero-order valence-corrected chi connectivity index (χ0v) is 21.0. The van der Waals surface area contributed by atoms with E-state index in [-0.39, 0.29) is 11.7 Å². The Kier molecular flexibility index (Phi) is 6.00. The summed E-state index contributed by atoms with van der Waals surface area (Å²) in [5.74, 6) is 0.274. The Balaban J connectivity index is 1.35. The fraction of sp³-hybridized carbons (Fsp3) is 0.407. The number of rotatable bonds is 5. The zero-order valence-electron chi connectivity index (χ0n) is 19.4. The first-order valence-electron chi connectivity index (χ1n) is 11.6. The van der Waals surface area contributed by atoms with Crippen molar-refractivity contribution in [2.45, 2.75) is 38.0 Å². The summed E-state index contributed by atoms with van der Waals surface area (Å²) in [5.41, 5.74) is 6.98. The Labute approximate surface area is 203 Å². The molecule has 0 radical (unpaired) electrons. The summed E-state index contributed by atoms with van der Waals surface area (Å²) in [6.45, 7) is 4.80. The minimum Gasteiger partial charge on any atom is -0.345 e. The molecule has 1 fully saturated rings. The predicted octanol–water partition coefficient (Wildman–Crippen LogP) is 5.85. The molecule has 1 saturated carbocycles. The van der Waals surface area contributed by atoms with E-state index in [9.17, 15) is 4.79 Å². The van der Waals surface area contributed by atoms with Crippen molar-refractivity contribution in [2.75, 3.05) is 33.7 Å². The molecule has 1 unspecified atom stereocenters. The second kappa shape index (κ2) is 8.80. The van der Waals surface area contributed by atoms with Gasteiger partial charge in [-0.3, -0.25) is 14.7 Å². The van der Waals surface area contributed by atoms with E-state index in [1.54, 1.807) is 14.1 Å². The summed E-state index contributed by atoms with van der Waals surface area (Å²) >= 11 is 3.65. The van der Waals surface area contributed by atoms with Gasteiger partial charge >= 0.3 is 0 Å². The molecule has 1 aliphatic heterocycles. The number of fused-ring (bicyclic) bond motifs is 1. The smallest absolute Gasteiger partial charge is 0.253 e. The van der Waals surface area contributed by atoms with Gasteiger partial charge in [0.1, 0.15) is 5.82 Å². The van der Waals surface area contributed by atoms with Gasteiger partial charge in [-0.15, -0.1) is 0 Å². The number of halogens is 2. The molecule has 1 aromatic heterocycles. The summed E-state index contributed by atoms with van der Waals surface area (Å²) < 4.78 is 16.4. The highest BCUT2D eigenvalue weighted by Crippen LogP contribution is 2.45. The maximum Gasteiger partial charge on any atom is 0.253 e. The van der Waals surface area contributed by atoms with Crippen molar-refractivity contribution in [3.63, 3.8) is 0 Å². The van der Waals surface area contributed by atoms with E-state index in [4.69, 9.17) is 0 Å². The zero-order chi connectivity index (χ0) is 23.3. The second-order valence-electron chi connectivity index (χ2n) is 9.64. The van der Waals surface area contributed by atoms with Crippen molar-refractivity contribution in [2.24, 2.45) is 0 Å². The van der Waals surface area contributed by atoms with E-state index in [2.05, 4.69) is 44.9 Å². The lowest BCUT2D eigenvalue weighted by atomic mass is 9.90. The number of carbonyl (C=O) groups is 1. The number of nitrogens with zero attached hydrogens (tertiary/aromatic N) is 3. The fourth-order valence-corrected chi connectivity index (χ4v) is 5.46. The van der Waals surface area contributed by atoms with Crippen LogP contribution in [0.3, 0.4) is 0 Å². The lowest BCUT2D eigenvalue weighted by Gasteiger charge is -2.29. The number of amides is 1. The molecule has 2 heterocycles. The van der Waals surface area contributed by atoms with Crippen LogP contribution in [0, 0.1) is 5.82 Å². The SMILES string of the molecule is CC1C(CN2CC=C(c3c(F)cc(C(=O)N(C)C)cc3C3CC3)CC2)=Cc2c(Br)ccnc21. The molecule has 5 rings (SSSR count). The number of hydrogen-bond donors (Lipinski definition) is 0. The van der Waals surface area contributed by atoms with Crippen LogP contribution in [-0.2, 0) is 0 Å². The molecule has 0 bridgehead atoms. The third-order valence-corrected chi connectivity index (χ3v) is 7.77. The van der Waals surface area contributed by atoms with E-state index in [0.717, 1.165) is 65.8 Å². The average molecular weight is 510 g/mol. The van der Waals surface area contributed by atoms with Gasteiger partial charge in [0.2, 0.25) is 0 Å². The molecule has 33 heavy (non-hydrogen) atoms. The van der Waals surface area contributed by atoms with Crippen molar-refractivity contribution >= 4 is 33.5 Å². The van der Waals surface area contributed by atoms with Gasteiger partial charge in [-0.1, -0.05) is 35.0 Å². The monoisotopic (exact) mass is 509 g/mol. The van der Waals surface area contributed by atoms with Crippen molar-refractivity contribution in [3.05, 3.63) is 74.3 Å². The Morgan fingerprint density at radius 1 is 1.30 bits per heavy atom. The first-order chi connectivity index (χ1) is 15.8. The van der Waals surface area contributed by atoms with Gasteiger partial charge in [-0.2, -0.15) is 0 Å². The van der Waals surface area contributed by atoms with Gasteiger partial charge in [0.05, 0.1) is 5.69 Å². The summed E-state index contributed by atoms with van der Waals surface area (Å²) in [7, 11) is 3.41. The molecule has 1 amide bonds. The van der Waals surface area contributed by atoms with E-state index in [0.29, 0.717) is 17.4 Å². The number of aromatic nitrogens is 1. The average Bonchev–Trinajstić information content (AvgIpc) is 3.59. The minimum atomic E-state index is -0.261. The lowest BCUT2D eigenvalue weighted by Crippen LogP contribution is -2.31. The summed E-state index contributed by atoms with van der Waals surface area (Å²) in [6, 6.07) is 5.34. The first-order valence-corrected chi connectivity index (χ1v) is 12.4. The Hall–Kier alpha value is -2.31. The molecule has 0 N–H and O–H groups in total. The molecule has 6 heteroatoms. The highest BCUT2D eigenvalue weighted by molar-refractivity contribution is 9.10. The maximum atomic E-state index is 15.3. The van der Waals surface area contributed by atoms with Crippen molar-refractivity contribution in [1.82, 2.24) is 14.8 Å². The molecule has 1 atom stereocenters. The third-order valence-electron chi connectivity index (χ3n) is 7.08. The van der Waals surface area contributed by atoms with E-state index in [1.165, 1.54) is 22.1 Å². The van der Waals surface area contributed by atoms with Crippen LogP contribution in [0.15, 0.2) is 40.5 Å². The van der Waals surface area contributed by atoms with Crippen LogP contribution in [-0.4, -0.2) is 54.4 Å². The predicted molar refractivity (Wildman–Crippen MR) is 134 cm³/mol. The number of benzene rings is 1. The largest absolute Gasteiger partial charge is 0.345 e. The fourth-order valence-electron chi connectivity index (χ4n) is 5.03. The minimum absolute atomic E-state index is 0.146. The molecular formula is C27H29BrFN3O. The topological polar surface area (TPSA) is 36.4 Å². The van der Waals surface area contributed by atoms with Gasteiger partial charge in [-0.25, -0.2) is 4.39 Å². The van der Waals surface area contributed by atoms with Crippen LogP contribution in [0.2, 0.25) is 0 Å². The standard InChI is InChI=1S/C27H29BrFN3O/c1-16-20(13-22-23(28)6-9-30-26(16)22)15-32-10-7-18(8-11-32)25-21(17-4-5-17)12-19(14-24(25)29)27(33)31(2)3/h6-7,9,12-14,16-17H,4-5,8,10-11,15H2,1-3H3. The molecular weight excluding hydrogens is 481 g/mol. The van der Waals surface area contributed by atoms with Crippen LogP contribution in [0.4, 0.5) is 4.39 Å². The molecule has 2 aromatic rings. The summed E-state index contributed by atoms with van der Waals surface area (Å²) in [6.07, 6.45) is 9.26. The molecule has 3 aliphatic rings. The van der Waals surface area contributed by atoms with Gasteiger partial charge in [-0.05, 0) is 60.1 Å². The van der Waals surface area contributed by atoms with Crippen molar-refractivity contribution in [1.29, 1.82) is 0 Å². The normalized spacial score (nSPS) is 20.3. The van der Waals surface area contributed by atoms with Crippen LogP contribution in [0.1, 0.15) is 70.8 Å². The third kappa shape index (κ3) is 4.31. The van der Waals surface area contributed by atoms with Gasteiger partial charge in [0.25, 0.3) is 5.91 Å². The quantitative estimate of drug-likeness (QED) is 0.506. The summed E-state index contributed by atoms with van der Waals surface area (Å²) in [5, 5.41) is 0. The first kappa shape index (κ1) is 22.5. The number of hydrogen-bond acceptors (Lipinski definition) is 3. The van der Waals surface area contributed by atoms with Gasteiger partial charge < -0.3 is 4.90 Å². The molecule has 172 valence electrons. The molecule has 4 nitrogen and oxygen atoms in total. The van der Waals surface area contributed by atoms with Crippen LogP contribution >= 0.6 is 15.9 Å². The second-order valence-corrected chi connectivity index (χ2v) is 10.5. The lowest BCUT2D eigenvalue weighted by molar-refractivity contribution is 0.0827. The van der Waals surface area contributed by atoms with Crippen molar-refractivity contribution in [3.8, 4) is 0 Å². The molecule has 1 aromatic carbocycles. The number of carbonyl (C=O) groups excluding carboxylic acids is 1.